The maximum atomic E-state index is 2.58. The van der Waals surface area contributed by atoms with Crippen molar-refractivity contribution in [2.75, 3.05) is 13.1 Å². The van der Waals surface area contributed by atoms with Crippen LogP contribution in [0.4, 0.5) is 0 Å². The van der Waals surface area contributed by atoms with Crippen molar-refractivity contribution in [3.8, 4) is 0 Å². The van der Waals surface area contributed by atoms with Crippen LogP contribution < -0.4 is 0 Å². The highest BCUT2D eigenvalue weighted by Crippen LogP contribution is 2.21. The smallest absolute Gasteiger partial charge is 0.0241 e. The van der Waals surface area contributed by atoms with Crippen molar-refractivity contribution in [2.45, 2.75) is 73.8 Å². The zero-order valence-corrected chi connectivity index (χ0v) is 15.0. The van der Waals surface area contributed by atoms with Crippen molar-refractivity contribution >= 4 is 0 Å². The van der Waals surface area contributed by atoms with E-state index < -0.39 is 0 Å². The molecule has 0 saturated carbocycles. The first-order valence-electron chi connectivity index (χ1n) is 7.97. The molecule has 0 aliphatic heterocycles. The molecule has 0 saturated heterocycles. The fourth-order valence-corrected chi connectivity index (χ4v) is 2.25. The van der Waals surface area contributed by atoms with E-state index in [4.69, 9.17) is 0 Å². The summed E-state index contributed by atoms with van der Waals surface area (Å²) in [6.45, 7) is 19.9. The van der Waals surface area contributed by atoms with E-state index in [1.807, 2.05) is 0 Å². The van der Waals surface area contributed by atoms with E-state index in [2.05, 4.69) is 78.5 Å². The lowest BCUT2D eigenvalue weighted by atomic mass is 9.99. The number of nitrogens with zero attached hydrogens (tertiary/aromatic N) is 1. The molecule has 0 amide bonds. The third kappa shape index (κ3) is 6.56. The topological polar surface area (TPSA) is 3.24 Å². The molecule has 0 aromatic carbocycles. The molecular weight excluding hydrogens is 242 g/mol. The normalized spacial score (nSPS) is 15.2. The first-order valence-corrected chi connectivity index (χ1v) is 7.97. The Bertz CT molecular complexity index is 364. The second kappa shape index (κ2) is 9.18. The summed E-state index contributed by atoms with van der Waals surface area (Å²) in [4.78, 5) is 2.58. The van der Waals surface area contributed by atoms with Crippen LogP contribution in [0.15, 0.2) is 34.9 Å². The molecule has 116 valence electrons. The van der Waals surface area contributed by atoms with Gasteiger partial charge in [0.15, 0.2) is 0 Å². The highest BCUT2D eigenvalue weighted by Gasteiger charge is 2.22. The summed E-state index contributed by atoms with van der Waals surface area (Å²) in [5.74, 6) is 0. The molecule has 0 aliphatic rings. The van der Waals surface area contributed by atoms with Crippen LogP contribution in [0.25, 0.3) is 0 Å². The standard InChI is InChI=1S/C19H35N/c1-9-13-17(11-3)14-20(19(6,7)8)15-18(12-4)16(5)10-2/h10-12H,9,13-15H2,1-8H3/b16-10-,17-11+,18-12-. The van der Waals surface area contributed by atoms with Crippen LogP contribution in [-0.4, -0.2) is 23.5 Å². The van der Waals surface area contributed by atoms with Crippen LogP contribution in [0, 0.1) is 0 Å². The van der Waals surface area contributed by atoms with E-state index in [1.54, 1.807) is 5.57 Å². The minimum Gasteiger partial charge on any atom is -0.290 e. The molecule has 0 heterocycles. The molecule has 0 fully saturated rings. The highest BCUT2D eigenvalue weighted by atomic mass is 15.2. The SMILES string of the molecule is C/C=C(C)\C(=C/C)CN(C/C(=C/C)CCC)C(C)(C)C. The maximum absolute atomic E-state index is 2.58. The summed E-state index contributed by atoms with van der Waals surface area (Å²) >= 11 is 0. The number of rotatable bonds is 7. The zero-order valence-electron chi connectivity index (χ0n) is 15.0. The van der Waals surface area contributed by atoms with Gasteiger partial charge in [0.1, 0.15) is 0 Å². The number of hydrogen-bond acceptors (Lipinski definition) is 1. The van der Waals surface area contributed by atoms with E-state index in [1.165, 1.54) is 24.0 Å². The van der Waals surface area contributed by atoms with Gasteiger partial charge in [0, 0.05) is 18.6 Å². The molecule has 0 unspecified atom stereocenters. The Morgan fingerprint density at radius 2 is 1.55 bits per heavy atom. The van der Waals surface area contributed by atoms with Gasteiger partial charge in [0.25, 0.3) is 0 Å². The Kier molecular flexibility index (Phi) is 8.80. The molecular formula is C19H35N. The van der Waals surface area contributed by atoms with Gasteiger partial charge in [0.05, 0.1) is 0 Å². The lowest BCUT2D eigenvalue weighted by Crippen LogP contribution is -2.43. The summed E-state index contributed by atoms with van der Waals surface area (Å²) in [6, 6.07) is 0. The van der Waals surface area contributed by atoms with E-state index in [0.717, 1.165) is 13.1 Å². The second-order valence-electron chi connectivity index (χ2n) is 6.51. The summed E-state index contributed by atoms with van der Waals surface area (Å²) in [6.07, 6.45) is 9.18. The van der Waals surface area contributed by atoms with Gasteiger partial charge in [-0.15, -0.1) is 0 Å². The van der Waals surface area contributed by atoms with Crippen LogP contribution in [0.3, 0.4) is 0 Å². The third-order valence-corrected chi connectivity index (χ3v) is 3.97. The predicted molar refractivity (Wildman–Crippen MR) is 93.2 cm³/mol. The molecule has 1 nitrogen and oxygen atoms in total. The molecule has 0 radical (unpaired) electrons. The fraction of sp³-hybridized carbons (Fsp3) is 0.684. The van der Waals surface area contributed by atoms with Crippen molar-refractivity contribution in [1.82, 2.24) is 4.90 Å². The number of allylic oxidation sites excluding steroid dienone is 3. The fourth-order valence-electron chi connectivity index (χ4n) is 2.25. The average molecular weight is 277 g/mol. The van der Waals surface area contributed by atoms with Crippen LogP contribution in [-0.2, 0) is 0 Å². The Balaban J connectivity index is 5.10. The van der Waals surface area contributed by atoms with E-state index in [-0.39, 0.29) is 5.54 Å². The molecule has 0 spiro atoms. The van der Waals surface area contributed by atoms with Gasteiger partial charge >= 0.3 is 0 Å². The van der Waals surface area contributed by atoms with Gasteiger partial charge in [-0.2, -0.15) is 0 Å². The second-order valence-corrected chi connectivity index (χ2v) is 6.51. The average Bonchev–Trinajstić information content (AvgIpc) is 2.40. The predicted octanol–water partition coefficient (Wildman–Crippen LogP) is 5.75. The van der Waals surface area contributed by atoms with E-state index >= 15 is 0 Å². The molecule has 0 atom stereocenters. The van der Waals surface area contributed by atoms with Crippen molar-refractivity contribution in [3.05, 3.63) is 34.9 Å². The summed E-state index contributed by atoms with van der Waals surface area (Å²) < 4.78 is 0. The van der Waals surface area contributed by atoms with Gasteiger partial charge in [0.2, 0.25) is 0 Å². The third-order valence-electron chi connectivity index (χ3n) is 3.97. The van der Waals surface area contributed by atoms with Gasteiger partial charge in [-0.3, -0.25) is 4.90 Å². The number of hydrogen-bond donors (Lipinski definition) is 0. The lowest BCUT2D eigenvalue weighted by Gasteiger charge is -2.37. The summed E-state index contributed by atoms with van der Waals surface area (Å²) in [5.41, 5.74) is 4.56. The molecule has 1 heteroatoms. The summed E-state index contributed by atoms with van der Waals surface area (Å²) in [7, 11) is 0. The van der Waals surface area contributed by atoms with Gasteiger partial charge in [-0.25, -0.2) is 0 Å². The Labute approximate surface area is 127 Å². The summed E-state index contributed by atoms with van der Waals surface area (Å²) in [5, 5.41) is 0. The van der Waals surface area contributed by atoms with Crippen LogP contribution >= 0.6 is 0 Å². The van der Waals surface area contributed by atoms with Gasteiger partial charge in [-0.1, -0.05) is 42.7 Å². The van der Waals surface area contributed by atoms with Crippen LogP contribution in [0.1, 0.15) is 68.2 Å². The molecule has 0 N–H and O–H groups in total. The van der Waals surface area contributed by atoms with Gasteiger partial charge < -0.3 is 0 Å². The van der Waals surface area contributed by atoms with E-state index in [0.29, 0.717) is 0 Å². The van der Waals surface area contributed by atoms with Gasteiger partial charge in [-0.05, 0) is 60.5 Å². The van der Waals surface area contributed by atoms with Crippen LogP contribution in [0.5, 0.6) is 0 Å². The largest absolute Gasteiger partial charge is 0.290 e. The first kappa shape index (κ1) is 19.2. The molecule has 0 bridgehead atoms. The zero-order chi connectivity index (χ0) is 15.8. The maximum Gasteiger partial charge on any atom is 0.0241 e. The Morgan fingerprint density at radius 1 is 0.950 bits per heavy atom. The van der Waals surface area contributed by atoms with Crippen molar-refractivity contribution in [1.29, 1.82) is 0 Å². The molecule has 20 heavy (non-hydrogen) atoms. The van der Waals surface area contributed by atoms with Crippen molar-refractivity contribution in [2.24, 2.45) is 0 Å². The van der Waals surface area contributed by atoms with Crippen molar-refractivity contribution in [3.63, 3.8) is 0 Å². The quantitative estimate of drug-likeness (QED) is 0.423. The highest BCUT2D eigenvalue weighted by molar-refractivity contribution is 5.30. The molecule has 0 aromatic rings. The Hall–Kier alpha value is -0.820. The monoisotopic (exact) mass is 277 g/mol. The molecule has 0 rings (SSSR count). The van der Waals surface area contributed by atoms with Crippen molar-refractivity contribution < 1.29 is 0 Å². The minimum atomic E-state index is 0.185. The molecule has 0 aliphatic carbocycles. The van der Waals surface area contributed by atoms with E-state index in [9.17, 15) is 0 Å². The Morgan fingerprint density at radius 3 is 1.90 bits per heavy atom. The molecule has 0 aromatic heterocycles. The first-order chi connectivity index (χ1) is 9.29. The van der Waals surface area contributed by atoms with Crippen LogP contribution in [0.2, 0.25) is 0 Å². The minimum absolute atomic E-state index is 0.185. The lowest BCUT2D eigenvalue weighted by molar-refractivity contribution is 0.164.